The quantitative estimate of drug-likeness (QED) is 0.527. The Morgan fingerprint density at radius 1 is 1.15 bits per heavy atom. The van der Waals surface area contributed by atoms with Crippen molar-refractivity contribution in [2.24, 2.45) is 0 Å². The van der Waals surface area contributed by atoms with E-state index in [9.17, 15) is 8.42 Å². The lowest BCUT2D eigenvalue weighted by atomic mass is 10.3. The van der Waals surface area contributed by atoms with Crippen LogP contribution in [0.25, 0.3) is 0 Å². The van der Waals surface area contributed by atoms with Crippen molar-refractivity contribution in [2.75, 3.05) is 17.7 Å². The Bertz CT molecular complexity index is 393. The Balaban J connectivity index is 3.03. The second-order valence-corrected chi connectivity index (χ2v) is 4.20. The summed E-state index contributed by atoms with van der Waals surface area (Å²) in [7, 11) is -3.52. The van der Waals surface area contributed by atoms with E-state index in [0.29, 0.717) is 11.4 Å². The number of hydrogen-bond donors (Lipinski definition) is 2. The molecule has 0 bridgehead atoms. The monoisotopic (exact) mass is 202 g/mol. The third kappa shape index (κ3) is 3.20. The molecule has 0 aromatic heterocycles. The van der Waals surface area contributed by atoms with Crippen LogP contribution in [0.3, 0.4) is 0 Å². The Labute approximate surface area is 76.4 Å². The molecule has 0 radical (unpaired) electrons. The summed E-state index contributed by atoms with van der Waals surface area (Å²) >= 11 is 0. The van der Waals surface area contributed by atoms with Gasteiger partial charge < -0.3 is 15.7 Å². The van der Waals surface area contributed by atoms with Crippen LogP contribution in [0.15, 0.2) is 18.2 Å². The van der Waals surface area contributed by atoms with Crippen LogP contribution in [0.2, 0.25) is 0 Å². The van der Waals surface area contributed by atoms with Gasteiger partial charge in [-0.25, -0.2) is 0 Å². The van der Waals surface area contributed by atoms with E-state index >= 15 is 0 Å². The number of hydrogen-bond acceptors (Lipinski definition) is 5. The van der Waals surface area contributed by atoms with E-state index in [4.69, 9.17) is 11.5 Å². The van der Waals surface area contributed by atoms with Crippen LogP contribution < -0.4 is 15.7 Å². The Morgan fingerprint density at radius 2 is 1.62 bits per heavy atom. The van der Waals surface area contributed by atoms with E-state index in [0.717, 1.165) is 6.26 Å². The first-order chi connectivity index (χ1) is 5.87. The van der Waals surface area contributed by atoms with Crippen molar-refractivity contribution in [3.63, 3.8) is 0 Å². The molecule has 0 heterocycles. The molecule has 0 amide bonds. The van der Waals surface area contributed by atoms with Gasteiger partial charge in [0, 0.05) is 23.5 Å². The van der Waals surface area contributed by atoms with Crippen molar-refractivity contribution in [2.45, 2.75) is 0 Å². The van der Waals surface area contributed by atoms with E-state index in [-0.39, 0.29) is 5.75 Å². The zero-order chi connectivity index (χ0) is 10.1. The van der Waals surface area contributed by atoms with Gasteiger partial charge in [0.1, 0.15) is 5.75 Å². The van der Waals surface area contributed by atoms with E-state index in [1.807, 2.05) is 0 Å². The zero-order valence-corrected chi connectivity index (χ0v) is 7.84. The highest BCUT2D eigenvalue weighted by Crippen LogP contribution is 2.21. The predicted molar refractivity (Wildman–Crippen MR) is 50.7 cm³/mol. The summed E-state index contributed by atoms with van der Waals surface area (Å²) in [6, 6.07) is 4.28. The van der Waals surface area contributed by atoms with Crippen LogP contribution in [0, 0.1) is 0 Å². The minimum atomic E-state index is -3.52. The molecule has 0 saturated heterocycles. The van der Waals surface area contributed by atoms with Crippen molar-refractivity contribution in [1.82, 2.24) is 0 Å². The second-order valence-electron chi connectivity index (χ2n) is 2.62. The molecule has 13 heavy (non-hydrogen) atoms. The summed E-state index contributed by atoms with van der Waals surface area (Å²) in [4.78, 5) is 0. The van der Waals surface area contributed by atoms with Gasteiger partial charge in [-0.2, -0.15) is 8.42 Å². The molecule has 4 N–H and O–H groups in total. The van der Waals surface area contributed by atoms with Crippen LogP contribution in [-0.2, 0) is 10.1 Å². The zero-order valence-electron chi connectivity index (χ0n) is 7.02. The molecule has 1 aromatic carbocycles. The number of anilines is 2. The van der Waals surface area contributed by atoms with Crippen LogP contribution in [0.1, 0.15) is 0 Å². The van der Waals surface area contributed by atoms with Gasteiger partial charge in [0.2, 0.25) is 0 Å². The second kappa shape index (κ2) is 3.14. The molecule has 6 heteroatoms. The molecule has 1 aromatic rings. The highest BCUT2D eigenvalue weighted by atomic mass is 32.2. The largest absolute Gasteiger partial charge is 0.399 e. The average Bonchev–Trinajstić information content (AvgIpc) is 1.78. The summed E-state index contributed by atoms with van der Waals surface area (Å²) in [6.07, 6.45) is 0.951. The summed E-state index contributed by atoms with van der Waals surface area (Å²) in [5, 5.41) is 0. The van der Waals surface area contributed by atoms with E-state index in [1.54, 1.807) is 0 Å². The normalized spacial score (nSPS) is 11.2. The van der Waals surface area contributed by atoms with Crippen molar-refractivity contribution in [3.05, 3.63) is 18.2 Å². The fourth-order valence-electron chi connectivity index (χ4n) is 0.869. The minimum Gasteiger partial charge on any atom is -0.399 e. The highest BCUT2D eigenvalue weighted by molar-refractivity contribution is 7.86. The van der Waals surface area contributed by atoms with Gasteiger partial charge in [0.05, 0.1) is 6.26 Å². The predicted octanol–water partition coefficient (Wildman–Crippen LogP) is 0.189. The third-order valence-corrected chi connectivity index (χ3v) is 1.69. The van der Waals surface area contributed by atoms with Crippen molar-refractivity contribution in [3.8, 4) is 5.75 Å². The van der Waals surface area contributed by atoms with Gasteiger partial charge in [-0.15, -0.1) is 0 Å². The van der Waals surface area contributed by atoms with Crippen LogP contribution in [0.5, 0.6) is 5.75 Å². The molecule has 5 nitrogen and oxygen atoms in total. The lowest BCUT2D eigenvalue weighted by Crippen LogP contribution is -2.06. The van der Waals surface area contributed by atoms with Gasteiger partial charge in [0.15, 0.2) is 0 Å². The fourth-order valence-corrected chi connectivity index (χ4v) is 1.31. The lowest BCUT2D eigenvalue weighted by molar-refractivity contribution is 0.493. The Morgan fingerprint density at radius 3 is 2.00 bits per heavy atom. The number of nitrogens with two attached hydrogens (primary N) is 2. The highest BCUT2D eigenvalue weighted by Gasteiger charge is 2.05. The maximum Gasteiger partial charge on any atom is 0.306 e. The van der Waals surface area contributed by atoms with Crippen molar-refractivity contribution >= 4 is 21.5 Å². The molecule has 0 spiro atoms. The molecule has 0 aliphatic carbocycles. The van der Waals surface area contributed by atoms with Crippen LogP contribution in [0.4, 0.5) is 11.4 Å². The Kier molecular flexibility index (Phi) is 2.33. The molecule has 0 unspecified atom stereocenters. The molecule has 0 aliphatic rings. The van der Waals surface area contributed by atoms with Crippen LogP contribution in [-0.4, -0.2) is 14.7 Å². The van der Waals surface area contributed by atoms with Gasteiger partial charge in [0.25, 0.3) is 0 Å². The summed E-state index contributed by atoms with van der Waals surface area (Å²) in [5.74, 6) is 0.125. The molecular weight excluding hydrogens is 192 g/mol. The fraction of sp³-hybridized carbons (Fsp3) is 0.143. The summed E-state index contributed by atoms with van der Waals surface area (Å²) in [6.45, 7) is 0. The smallest absolute Gasteiger partial charge is 0.306 e. The van der Waals surface area contributed by atoms with Gasteiger partial charge in [-0.05, 0) is 6.07 Å². The van der Waals surface area contributed by atoms with Crippen LogP contribution >= 0.6 is 0 Å². The lowest BCUT2D eigenvalue weighted by Gasteiger charge is -2.04. The first-order valence-corrected chi connectivity index (χ1v) is 5.24. The topological polar surface area (TPSA) is 95.4 Å². The average molecular weight is 202 g/mol. The molecule has 0 saturated carbocycles. The minimum absolute atomic E-state index is 0.125. The van der Waals surface area contributed by atoms with Gasteiger partial charge >= 0.3 is 10.1 Å². The summed E-state index contributed by atoms with van der Waals surface area (Å²) in [5.41, 5.74) is 11.6. The maximum absolute atomic E-state index is 10.7. The third-order valence-electron chi connectivity index (χ3n) is 1.20. The Hall–Kier alpha value is -1.43. The number of rotatable bonds is 2. The number of benzene rings is 1. The first-order valence-electron chi connectivity index (χ1n) is 3.42. The molecule has 0 atom stereocenters. The molecular formula is C7H10N2O3S. The SMILES string of the molecule is CS(=O)(=O)Oc1cc(N)cc(N)c1. The first kappa shape index (κ1) is 9.66. The molecule has 0 fully saturated rings. The van der Waals surface area contributed by atoms with E-state index in [2.05, 4.69) is 4.18 Å². The van der Waals surface area contributed by atoms with E-state index < -0.39 is 10.1 Å². The van der Waals surface area contributed by atoms with Gasteiger partial charge in [-0.1, -0.05) is 0 Å². The number of nitrogen functional groups attached to an aromatic ring is 2. The van der Waals surface area contributed by atoms with Gasteiger partial charge in [-0.3, -0.25) is 0 Å². The maximum atomic E-state index is 10.7. The molecule has 0 aliphatic heterocycles. The van der Waals surface area contributed by atoms with E-state index in [1.165, 1.54) is 18.2 Å². The summed E-state index contributed by atoms with van der Waals surface area (Å²) < 4.78 is 26.0. The molecule has 1 rings (SSSR count). The standard InChI is InChI=1S/C7H10N2O3S/c1-13(10,11)12-7-3-5(8)2-6(9)4-7/h2-4H,8-9H2,1H3. The van der Waals surface area contributed by atoms with Crippen molar-refractivity contribution < 1.29 is 12.6 Å². The molecule has 72 valence electrons. The van der Waals surface area contributed by atoms with Crippen molar-refractivity contribution in [1.29, 1.82) is 0 Å².